The van der Waals surface area contributed by atoms with Crippen molar-refractivity contribution in [3.05, 3.63) is 0 Å². The molecule has 0 bridgehead atoms. The molecule has 0 aromatic heterocycles. The van der Waals surface area contributed by atoms with E-state index in [1.54, 1.807) is 0 Å². The zero-order valence-electron chi connectivity index (χ0n) is 6.09. The van der Waals surface area contributed by atoms with Crippen molar-refractivity contribution < 1.29 is 44.6 Å². The summed E-state index contributed by atoms with van der Waals surface area (Å²) in [5.74, 6) is -1.05. The number of nitrogens with one attached hydrogen (secondary N) is 1. The van der Waals surface area contributed by atoms with Gasteiger partial charge in [-0.2, -0.15) is 0 Å². The molecule has 10 heavy (non-hydrogen) atoms. The summed E-state index contributed by atoms with van der Waals surface area (Å²) in [5.41, 5.74) is 0. The van der Waals surface area contributed by atoms with Crippen molar-refractivity contribution in [2.24, 2.45) is 0 Å². The van der Waals surface area contributed by atoms with E-state index in [1.165, 1.54) is 0 Å². The van der Waals surface area contributed by atoms with E-state index < -0.39 is 5.97 Å². The van der Waals surface area contributed by atoms with E-state index in [0.29, 0.717) is 13.0 Å². The molecule has 0 aromatic carbocycles. The molecule has 0 unspecified atom stereocenters. The SMILES string of the molecule is O=C([O-])CCCNCO.[Na+]. The van der Waals surface area contributed by atoms with Gasteiger partial charge in [0.25, 0.3) is 0 Å². The fourth-order valence-electron chi connectivity index (χ4n) is 0.437. The molecule has 0 saturated heterocycles. The Kier molecular flexibility index (Phi) is 12.2. The topological polar surface area (TPSA) is 72.4 Å². The standard InChI is InChI=1S/C5H11NO3.Na/c7-4-6-3-1-2-5(8)9;/h6-7H,1-4H2,(H,8,9);/q;+1/p-1. The van der Waals surface area contributed by atoms with Crippen molar-refractivity contribution in [1.82, 2.24) is 5.32 Å². The van der Waals surface area contributed by atoms with Crippen LogP contribution in [0.15, 0.2) is 0 Å². The molecule has 0 aliphatic carbocycles. The van der Waals surface area contributed by atoms with Gasteiger partial charge in [0.2, 0.25) is 0 Å². The molecular formula is C5H10NNaO3. The minimum atomic E-state index is -1.05. The molecule has 0 rings (SSSR count). The van der Waals surface area contributed by atoms with Gasteiger partial charge in [-0.3, -0.25) is 5.32 Å². The molecule has 0 spiro atoms. The van der Waals surface area contributed by atoms with Crippen molar-refractivity contribution in [1.29, 1.82) is 0 Å². The Bertz CT molecular complexity index is 89.0. The van der Waals surface area contributed by atoms with Gasteiger partial charge in [0.05, 0.1) is 6.73 Å². The Hall–Kier alpha value is 0.390. The number of hydrogen-bond donors (Lipinski definition) is 2. The first-order valence-electron chi connectivity index (χ1n) is 2.79. The number of carbonyl (C=O) groups is 1. The van der Waals surface area contributed by atoms with Crippen LogP contribution in [0.2, 0.25) is 0 Å². The first-order valence-corrected chi connectivity index (χ1v) is 2.79. The second-order valence-electron chi connectivity index (χ2n) is 1.63. The van der Waals surface area contributed by atoms with Crippen LogP contribution in [0, 0.1) is 0 Å². The molecule has 4 nitrogen and oxygen atoms in total. The van der Waals surface area contributed by atoms with Gasteiger partial charge in [0.15, 0.2) is 0 Å². The van der Waals surface area contributed by atoms with Crippen molar-refractivity contribution in [3.8, 4) is 0 Å². The molecule has 0 saturated carbocycles. The second kappa shape index (κ2) is 9.39. The molecule has 0 fully saturated rings. The molecular weight excluding hydrogens is 145 g/mol. The fraction of sp³-hybridized carbons (Fsp3) is 0.800. The summed E-state index contributed by atoms with van der Waals surface area (Å²) < 4.78 is 0. The predicted octanol–water partition coefficient (Wildman–Crippen LogP) is -4.94. The molecule has 0 aliphatic rings. The van der Waals surface area contributed by atoms with E-state index in [4.69, 9.17) is 5.11 Å². The van der Waals surface area contributed by atoms with Gasteiger partial charge in [-0.05, 0) is 19.4 Å². The van der Waals surface area contributed by atoms with E-state index in [0.717, 1.165) is 0 Å². The average molecular weight is 155 g/mol. The molecule has 0 radical (unpaired) electrons. The molecule has 0 heterocycles. The Labute approximate surface area is 81.9 Å². The summed E-state index contributed by atoms with van der Waals surface area (Å²) in [6.45, 7) is 0.414. The molecule has 0 aromatic rings. The van der Waals surface area contributed by atoms with Crippen LogP contribution in [-0.4, -0.2) is 24.4 Å². The van der Waals surface area contributed by atoms with E-state index in [2.05, 4.69) is 5.32 Å². The van der Waals surface area contributed by atoms with Crippen LogP contribution in [0.3, 0.4) is 0 Å². The maximum Gasteiger partial charge on any atom is 1.00 e. The van der Waals surface area contributed by atoms with Crippen molar-refractivity contribution >= 4 is 5.97 Å². The molecule has 2 N–H and O–H groups in total. The van der Waals surface area contributed by atoms with Crippen LogP contribution in [-0.2, 0) is 4.79 Å². The Morgan fingerprint density at radius 2 is 2.20 bits per heavy atom. The van der Waals surface area contributed by atoms with E-state index in [-0.39, 0.29) is 42.7 Å². The van der Waals surface area contributed by atoms with Gasteiger partial charge in [0.1, 0.15) is 0 Å². The Morgan fingerprint density at radius 1 is 1.60 bits per heavy atom. The van der Waals surface area contributed by atoms with Gasteiger partial charge < -0.3 is 15.0 Å². The van der Waals surface area contributed by atoms with Crippen molar-refractivity contribution in [2.45, 2.75) is 12.8 Å². The first kappa shape index (κ1) is 13.0. The number of aliphatic hydroxyl groups is 1. The van der Waals surface area contributed by atoms with Gasteiger partial charge in [-0.1, -0.05) is 0 Å². The molecule has 0 aliphatic heterocycles. The predicted molar refractivity (Wildman–Crippen MR) is 29.3 cm³/mol. The minimum absolute atomic E-state index is 0. The summed E-state index contributed by atoms with van der Waals surface area (Å²) in [7, 11) is 0. The number of rotatable bonds is 5. The Balaban J connectivity index is 0. The molecule has 0 atom stereocenters. The normalized spacial score (nSPS) is 8.50. The zero-order valence-corrected chi connectivity index (χ0v) is 8.09. The third kappa shape index (κ3) is 11.2. The monoisotopic (exact) mass is 155 g/mol. The molecule has 54 valence electrons. The van der Waals surface area contributed by atoms with Crippen LogP contribution in [0.5, 0.6) is 0 Å². The third-order valence-corrected chi connectivity index (χ3v) is 0.846. The number of hydrogen-bond acceptors (Lipinski definition) is 4. The second-order valence-corrected chi connectivity index (χ2v) is 1.63. The van der Waals surface area contributed by atoms with Crippen molar-refractivity contribution in [3.63, 3.8) is 0 Å². The smallest absolute Gasteiger partial charge is 0.550 e. The zero-order chi connectivity index (χ0) is 7.11. The van der Waals surface area contributed by atoms with Gasteiger partial charge in [-0.15, -0.1) is 0 Å². The maximum atomic E-state index is 9.76. The molecule has 5 heteroatoms. The number of carbonyl (C=O) groups excluding carboxylic acids is 1. The number of aliphatic hydroxyl groups excluding tert-OH is 1. The third-order valence-electron chi connectivity index (χ3n) is 0.846. The van der Waals surface area contributed by atoms with Crippen LogP contribution in [0.25, 0.3) is 0 Å². The first-order chi connectivity index (χ1) is 4.27. The Morgan fingerprint density at radius 3 is 2.60 bits per heavy atom. The largest absolute Gasteiger partial charge is 1.00 e. The fourth-order valence-corrected chi connectivity index (χ4v) is 0.437. The van der Waals surface area contributed by atoms with E-state index in [9.17, 15) is 9.90 Å². The maximum absolute atomic E-state index is 9.76. The molecule has 0 amide bonds. The number of carboxylic acid groups (broad SMARTS) is 1. The number of aliphatic carboxylic acids is 1. The van der Waals surface area contributed by atoms with Gasteiger partial charge in [0, 0.05) is 5.97 Å². The van der Waals surface area contributed by atoms with Crippen LogP contribution in [0.4, 0.5) is 0 Å². The van der Waals surface area contributed by atoms with Crippen LogP contribution in [0.1, 0.15) is 12.8 Å². The summed E-state index contributed by atoms with van der Waals surface area (Å²) in [6, 6.07) is 0. The van der Waals surface area contributed by atoms with E-state index in [1.807, 2.05) is 0 Å². The van der Waals surface area contributed by atoms with E-state index >= 15 is 0 Å². The summed E-state index contributed by atoms with van der Waals surface area (Å²) in [4.78, 5) is 9.76. The summed E-state index contributed by atoms with van der Waals surface area (Å²) >= 11 is 0. The van der Waals surface area contributed by atoms with Crippen molar-refractivity contribution in [2.75, 3.05) is 13.3 Å². The number of carboxylic acids is 1. The van der Waals surface area contributed by atoms with Gasteiger partial charge in [-0.25, -0.2) is 0 Å². The van der Waals surface area contributed by atoms with Gasteiger partial charge >= 0.3 is 29.6 Å². The average Bonchev–Trinajstić information content (AvgIpc) is 1.80. The summed E-state index contributed by atoms with van der Waals surface area (Å²) in [5, 5.41) is 20.5. The quantitative estimate of drug-likeness (QED) is 0.237. The van der Waals surface area contributed by atoms with Crippen LogP contribution >= 0.6 is 0 Å². The summed E-state index contributed by atoms with van der Waals surface area (Å²) in [6.07, 6.45) is 0.551. The van der Waals surface area contributed by atoms with Crippen LogP contribution < -0.4 is 40.0 Å². The minimum Gasteiger partial charge on any atom is -0.550 e.